The molecule has 0 aromatic heterocycles. The molecule has 1 saturated heterocycles. The van der Waals surface area contributed by atoms with E-state index in [1.54, 1.807) is 19.1 Å². The molecule has 1 fully saturated rings. The lowest BCUT2D eigenvalue weighted by molar-refractivity contribution is -0.145. The molecule has 1 aliphatic rings. The van der Waals surface area contributed by atoms with E-state index in [9.17, 15) is 9.59 Å². The van der Waals surface area contributed by atoms with E-state index in [1.165, 1.54) is 18.9 Å². The van der Waals surface area contributed by atoms with Crippen LogP contribution < -0.4 is 14.8 Å². The van der Waals surface area contributed by atoms with Gasteiger partial charge in [-0.15, -0.1) is 0 Å². The zero-order valence-corrected chi connectivity index (χ0v) is 23.0. The number of aliphatic imine (C=N–C) groups is 1. The van der Waals surface area contributed by atoms with Crippen molar-refractivity contribution >= 4 is 79.1 Å². The van der Waals surface area contributed by atoms with E-state index in [4.69, 9.17) is 14.2 Å². The number of carbonyl (C=O) groups is 2. The highest BCUT2D eigenvalue weighted by Crippen LogP contribution is 2.36. The van der Waals surface area contributed by atoms with E-state index in [-0.39, 0.29) is 19.1 Å². The zero-order valence-electron chi connectivity index (χ0n) is 18.5. The van der Waals surface area contributed by atoms with Crippen LogP contribution in [0.15, 0.2) is 38.6 Å². The van der Waals surface area contributed by atoms with Gasteiger partial charge in [-0.1, -0.05) is 15.9 Å². The Balaban J connectivity index is 1.82. The molecule has 0 spiro atoms. The summed E-state index contributed by atoms with van der Waals surface area (Å²) in [5.41, 5.74) is 3.68. The Bertz CT molecular complexity index is 1140. The number of amidine groups is 1. The van der Waals surface area contributed by atoms with E-state index < -0.39 is 5.97 Å². The van der Waals surface area contributed by atoms with Gasteiger partial charge in [-0.3, -0.25) is 4.79 Å². The fraction of sp³-hybridized carbons (Fsp3) is 0.261. The number of ether oxygens (including phenoxy) is 3. The summed E-state index contributed by atoms with van der Waals surface area (Å²) in [6.45, 7) is 5.81. The van der Waals surface area contributed by atoms with E-state index in [0.717, 1.165) is 30.4 Å². The number of thioether (sulfide) groups is 1. The molecule has 0 radical (unpaired) electrons. The number of rotatable bonds is 7. The second-order valence-electron chi connectivity index (χ2n) is 7.00. The summed E-state index contributed by atoms with van der Waals surface area (Å²) in [6.07, 6.45) is 1.76. The number of carbonyl (C=O) groups excluding carboxylic acids is 2. The SMILES string of the molecule is CCOC(=O)COc1c(I)cc(/C=C2\SC(=Nc3cc(C)c(Br)c(C)c3)NC2=O)cc1OC. The average Bonchev–Trinajstić information content (AvgIpc) is 3.09. The van der Waals surface area contributed by atoms with Gasteiger partial charge >= 0.3 is 5.97 Å². The van der Waals surface area contributed by atoms with Crippen molar-refractivity contribution < 1.29 is 23.8 Å². The number of nitrogens with one attached hydrogen (secondary N) is 1. The molecule has 33 heavy (non-hydrogen) atoms. The van der Waals surface area contributed by atoms with Gasteiger partial charge in [0.15, 0.2) is 23.3 Å². The van der Waals surface area contributed by atoms with Crippen molar-refractivity contribution in [1.82, 2.24) is 5.32 Å². The number of aryl methyl sites for hydroxylation is 2. The molecule has 0 unspecified atom stereocenters. The number of halogens is 2. The summed E-state index contributed by atoms with van der Waals surface area (Å²) in [4.78, 5) is 29.2. The van der Waals surface area contributed by atoms with Crippen molar-refractivity contribution in [1.29, 1.82) is 0 Å². The fourth-order valence-electron chi connectivity index (χ4n) is 3.03. The number of nitrogens with zero attached hydrogens (tertiary/aromatic N) is 1. The molecule has 0 atom stereocenters. The van der Waals surface area contributed by atoms with Crippen molar-refractivity contribution in [3.05, 3.63) is 53.9 Å². The molecule has 1 heterocycles. The molecule has 1 amide bonds. The number of benzene rings is 2. The Kier molecular flexibility index (Phi) is 8.82. The number of hydrogen-bond donors (Lipinski definition) is 1. The topological polar surface area (TPSA) is 86.2 Å². The minimum absolute atomic E-state index is 0.215. The summed E-state index contributed by atoms with van der Waals surface area (Å²) >= 11 is 6.93. The lowest BCUT2D eigenvalue weighted by Gasteiger charge is -2.13. The van der Waals surface area contributed by atoms with Crippen LogP contribution in [0.3, 0.4) is 0 Å². The smallest absolute Gasteiger partial charge is 0.344 e. The first-order valence-electron chi connectivity index (χ1n) is 9.94. The number of hydrogen-bond acceptors (Lipinski definition) is 7. The maximum atomic E-state index is 12.5. The summed E-state index contributed by atoms with van der Waals surface area (Å²) < 4.78 is 17.7. The molecular formula is C23H22BrIN2O5S. The predicted octanol–water partition coefficient (Wildman–Crippen LogP) is 5.51. The van der Waals surface area contributed by atoms with Gasteiger partial charge in [0, 0.05) is 4.47 Å². The molecule has 1 aliphatic heterocycles. The summed E-state index contributed by atoms with van der Waals surface area (Å²) in [6, 6.07) is 7.52. The normalized spacial score (nSPS) is 15.6. The van der Waals surface area contributed by atoms with Crippen LogP contribution in [-0.4, -0.2) is 37.4 Å². The molecule has 0 aliphatic carbocycles. The van der Waals surface area contributed by atoms with Gasteiger partial charge in [0.2, 0.25) is 0 Å². The molecule has 10 heteroatoms. The third-order valence-corrected chi connectivity index (χ3v) is 7.45. The van der Waals surface area contributed by atoms with Crippen LogP contribution in [0.4, 0.5) is 5.69 Å². The van der Waals surface area contributed by atoms with Crippen LogP contribution in [0.25, 0.3) is 6.08 Å². The van der Waals surface area contributed by atoms with Crippen molar-refractivity contribution in [2.24, 2.45) is 4.99 Å². The highest BCUT2D eigenvalue weighted by atomic mass is 127. The standard InChI is InChI=1S/C23H22BrIN2O5S/c1-5-31-19(28)11-32-21-16(25)8-14(9-17(21)30-4)10-18-22(29)27-23(33-18)26-15-6-12(2)20(24)13(3)7-15/h6-10H,5,11H2,1-4H3,(H,26,27,29)/b18-10-. The van der Waals surface area contributed by atoms with Crippen LogP contribution in [-0.2, 0) is 14.3 Å². The van der Waals surface area contributed by atoms with E-state index in [0.29, 0.717) is 21.6 Å². The maximum Gasteiger partial charge on any atom is 0.344 e. The number of amides is 1. The lowest BCUT2D eigenvalue weighted by Crippen LogP contribution is -2.19. The van der Waals surface area contributed by atoms with E-state index >= 15 is 0 Å². The third-order valence-electron chi connectivity index (χ3n) is 4.49. The largest absolute Gasteiger partial charge is 0.493 e. The third kappa shape index (κ3) is 6.51. The van der Waals surface area contributed by atoms with Crippen molar-refractivity contribution in [3.8, 4) is 11.5 Å². The van der Waals surface area contributed by atoms with Gasteiger partial charge in [-0.05, 0) is 102 Å². The highest BCUT2D eigenvalue weighted by molar-refractivity contribution is 14.1. The fourth-order valence-corrected chi connectivity index (χ4v) is 4.89. The minimum atomic E-state index is -0.455. The van der Waals surface area contributed by atoms with Gasteiger partial charge in [0.05, 0.1) is 27.9 Å². The second kappa shape index (κ2) is 11.4. The zero-order chi connectivity index (χ0) is 24.1. The average molecular weight is 645 g/mol. The quantitative estimate of drug-likeness (QED) is 0.243. The Morgan fingerprint density at radius 2 is 1.94 bits per heavy atom. The van der Waals surface area contributed by atoms with Crippen LogP contribution in [0.2, 0.25) is 0 Å². The molecule has 2 aromatic rings. The monoisotopic (exact) mass is 644 g/mol. The first-order chi connectivity index (χ1) is 15.7. The Labute approximate surface area is 218 Å². The van der Waals surface area contributed by atoms with Gasteiger partial charge in [0.25, 0.3) is 5.91 Å². The van der Waals surface area contributed by atoms with Gasteiger partial charge in [-0.25, -0.2) is 9.79 Å². The first kappa shape index (κ1) is 25.6. The van der Waals surface area contributed by atoms with Crippen LogP contribution >= 0.6 is 50.3 Å². The summed E-state index contributed by atoms with van der Waals surface area (Å²) in [7, 11) is 1.52. The van der Waals surface area contributed by atoms with Crippen molar-refractivity contribution in [2.75, 3.05) is 20.3 Å². The molecule has 1 N–H and O–H groups in total. The Morgan fingerprint density at radius 3 is 2.58 bits per heavy atom. The van der Waals surface area contributed by atoms with E-state index in [1.807, 2.05) is 32.0 Å². The van der Waals surface area contributed by atoms with E-state index in [2.05, 4.69) is 48.8 Å². The number of methoxy groups -OCH3 is 1. The molecule has 7 nitrogen and oxygen atoms in total. The van der Waals surface area contributed by atoms with Gasteiger partial charge in [0.1, 0.15) is 0 Å². The molecule has 3 rings (SSSR count). The molecule has 0 bridgehead atoms. The maximum absolute atomic E-state index is 12.5. The van der Waals surface area contributed by atoms with Gasteiger partial charge in [-0.2, -0.15) is 0 Å². The minimum Gasteiger partial charge on any atom is -0.493 e. The molecule has 0 saturated carbocycles. The Morgan fingerprint density at radius 1 is 1.24 bits per heavy atom. The van der Waals surface area contributed by atoms with Crippen molar-refractivity contribution in [3.63, 3.8) is 0 Å². The summed E-state index contributed by atoms with van der Waals surface area (Å²) in [5, 5.41) is 3.33. The second-order valence-corrected chi connectivity index (χ2v) is 9.99. The van der Waals surface area contributed by atoms with Crippen LogP contribution in [0, 0.1) is 17.4 Å². The van der Waals surface area contributed by atoms with Gasteiger partial charge < -0.3 is 19.5 Å². The van der Waals surface area contributed by atoms with Crippen LogP contribution in [0.1, 0.15) is 23.6 Å². The van der Waals surface area contributed by atoms with Crippen molar-refractivity contribution in [2.45, 2.75) is 20.8 Å². The highest BCUT2D eigenvalue weighted by Gasteiger charge is 2.24. The number of esters is 1. The summed E-state index contributed by atoms with van der Waals surface area (Å²) in [5.74, 6) is 0.223. The first-order valence-corrected chi connectivity index (χ1v) is 12.6. The lowest BCUT2D eigenvalue weighted by atomic mass is 10.1. The Hall–Kier alpha value is -2.05. The molecule has 174 valence electrons. The van der Waals surface area contributed by atoms with Crippen LogP contribution in [0.5, 0.6) is 11.5 Å². The predicted molar refractivity (Wildman–Crippen MR) is 142 cm³/mol. The molecular weight excluding hydrogens is 623 g/mol. The molecule has 2 aromatic carbocycles.